The lowest BCUT2D eigenvalue weighted by Gasteiger charge is -2.27. The summed E-state index contributed by atoms with van der Waals surface area (Å²) in [6.45, 7) is 5.76. The van der Waals surface area contributed by atoms with Crippen molar-refractivity contribution in [3.05, 3.63) is 0 Å². The molecule has 0 bridgehead atoms. The van der Waals surface area contributed by atoms with Gasteiger partial charge >= 0.3 is 5.97 Å². The molecule has 18 heavy (non-hydrogen) atoms. The summed E-state index contributed by atoms with van der Waals surface area (Å²) in [5.41, 5.74) is 0. The Bertz CT molecular complexity index is 278. The number of rotatable bonds is 8. The zero-order valence-corrected chi connectivity index (χ0v) is 12.0. The third-order valence-electron chi connectivity index (χ3n) is 2.91. The van der Waals surface area contributed by atoms with Crippen LogP contribution in [0.15, 0.2) is 0 Å². The molecule has 0 aromatic heterocycles. The first kappa shape index (κ1) is 17.1. The van der Waals surface area contributed by atoms with Gasteiger partial charge in [-0.1, -0.05) is 6.92 Å². The zero-order chi connectivity index (χ0) is 14.3. The van der Waals surface area contributed by atoms with Gasteiger partial charge < -0.3 is 14.7 Å². The van der Waals surface area contributed by atoms with E-state index in [2.05, 4.69) is 0 Å². The van der Waals surface area contributed by atoms with E-state index in [1.165, 1.54) is 0 Å². The van der Waals surface area contributed by atoms with Crippen molar-refractivity contribution >= 4 is 11.8 Å². The summed E-state index contributed by atoms with van der Waals surface area (Å²) in [6, 6.07) is 0. The molecule has 3 atom stereocenters. The zero-order valence-electron chi connectivity index (χ0n) is 12.0. The Balaban J connectivity index is 4.77. The maximum absolute atomic E-state index is 11.8. The molecular weight excluding hydrogens is 234 g/mol. The number of nitrogens with zero attached hydrogens (tertiary/aromatic N) is 1. The molecule has 0 saturated carbocycles. The Morgan fingerprint density at radius 3 is 2.22 bits per heavy atom. The van der Waals surface area contributed by atoms with Crippen LogP contribution in [0, 0.1) is 11.8 Å². The molecule has 0 spiro atoms. The molecule has 5 heteroatoms. The van der Waals surface area contributed by atoms with Crippen LogP contribution < -0.4 is 0 Å². The van der Waals surface area contributed by atoms with E-state index in [1.54, 1.807) is 20.8 Å². The second-order valence-corrected chi connectivity index (χ2v) is 4.72. The molecule has 0 aliphatic rings. The minimum atomic E-state index is -1.00. The van der Waals surface area contributed by atoms with Crippen molar-refractivity contribution in [2.45, 2.75) is 33.3 Å². The van der Waals surface area contributed by atoms with Gasteiger partial charge in [0, 0.05) is 13.0 Å². The fraction of sp³-hybridized carbons (Fsp3) is 0.846. The lowest BCUT2D eigenvalue weighted by atomic mass is 9.87. The highest BCUT2D eigenvalue weighted by atomic mass is 16.5. The van der Waals surface area contributed by atoms with Gasteiger partial charge in [-0.2, -0.15) is 0 Å². The largest absolute Gasteiger partial charge is 0.466 e. The number of carbonyl (C=O) groups excluding carboxylic acids is 2. The van der Waals surface area contributed by atoms with Gasteiger partial charge in [0.2, 0.25) is 0 Å². The third kappa shape index (κ3) is 5.14. The smallest absolute Gasteiger partial charge is 0.311 e. The van der Waals surface area contributed by atoms with Crippen LogP contribution in [-0.4, -0.2) is 55.1 Å². The van der Waals surface area contributed by atoms with E-state index >= 15 is 0 Å². The molecule has 0 radical (unpaired) electrons. The minimum absolute atomic E-state index is 0.0349. The first-order valence-electron chi connectivity index (χ1n) is 6.37. The number of hydrogen-bond acceptors (Lipinski definition) is 5. The van der Waals surface area contributed by atoms with Crippen molar-refractivity contribution in [2.24, 2.45) is 11.8 Å². The lowest BCUT2D eigenvalue weighted by molar-refractivity contribution is -0.153. The van der Waals surface area contributed by atoms with Crippen LogP contribution in [0.5, 0.6) is 0 Å². The van der Waals surface area contributed by atoms with E-state index in [1.807, 2.05) is 19.0 Å². The molecule has 0 aromatic rings. The van der Waals surface area contributed by atoms with Crippen LogP contribution in [0.1, 0.15) is 27.2 Å². The standard InChI is InChI=1S/C13H25NO4/c1-6-11(15)10(8-14(4)5)12(16)9(3)13(17)18-7-2/h9-10,12,16H,6-8H2,1-5H3. The number of aliphatic hydroxyl groups excluding tert-OH is 1. The van der Waals surface area contributed by atoms with Crippen LogP contribution in [0.2, 0.25) is 0 Å². The normalized spacial score (nSPS) is 16.2. The Morgan fingerprint density at radius 2 is 1.83 bits per heavy atom. The van der Waals surface area contributed by atoms with E-state index in [0.717, 1.165) is 0 Å². The van der Waals surface area contributed by atoms with Gasteiger partial charge in [0.15, 0.2) is 0 Å². The predicted molar refractivity (Wildman–Crippen MR) is 69.1 cm³/mol. The van der Waals surface area contributed by atoms with Crippen LogP contribution in [0.25, 0.3) is 0 Å². The molecule has 0 amide bonds. The molecular formula is C13H25NO4. The number of Topliss-reactive ketones (excluding diaryl/α,β-unsaturated/α-hetero) is 1. The Morgan fingerprint density at radius 1 is 1.28 bits per heavy atom. The molecule has 3 unspecified atom stereocenters. The molecule has 1 N–H and O–H groups in total. The maximum atomic E-state index is 11.8. The monoisotopic (exact) mass is 259 g/mol. The van der Waals surface area contributed by atoms with Crippen molar-refractivity contribution < 1.29 is 19.4 Å². The number of esters is 1. The molecule has 0 rings (SSSR count). The highest BCUT2D eigenvalue weighted by Crippen LogP contribution is 2.18. The van der Waals surface area contributed by atoms with E-state index in [9.17, 15) is 14.7 Å². The topological polar surface area (TPSA) is 66.8 Å². The van der Waals surface area contributed by atoms with Gasteiger partial charge in [-0.25, -0.2) is 0 Å². The second kappa shape index (κ2) is 8.21. The molecule has 0 fully saturated rings. The van der Waals surface area contributed by atoms with Gasteiger partial charge in [-0.15, -0.1) is 0 Å². The summed E-state index contributed by atoms with van der Waals surface area (Å²) in [5, 5.41) is 10.2. The molecule has 0 heterocycles. The quantitative estimate of drug-likeness (QED) is 0.650. The summed E-state index contributed by atoms with van der Waals surface area (Å²) in [7, 11) is 3.66. The van der Waals surface area contributed by atoms with Crippen molar-refractivity contribution in [1.29, 1.82) is 0 Å². The van der Waals surface area contributed by atoms with Gasteiger partial charge in [-0.05, 0) is 27.9 Å². The summed E-state index contributed by atoms with van der Waals surface area (Å²) in [6.07, 6.45) is -0.649. The highest BCUT2D eigenvalue weighted by Gasteiger charge is 2.34. The number of hydrogen-bond donors (Lipinski definition) is 1. The van der Waals surface area contributed by atoms with Crippen molar-refractivity contribution in [3.63, 3.8) is 0 Å². The SMILES string of the molecule is CCOC(=O)C(C)C(O)C(CN(C)C)C(=O)CC. The molecule has 106 valence electrons. The summed E-state index contributed by atoms with van der Waals surface area (Å²) in [4.78, 5) is 25.2. The maximum Gasteiger partial charge on any atom is 0.311 e. The third-order valence-corrected chi connectivity index (χ3v) is 2.91. The van der Waals surface area contributed by atoms with Crippen LogP contribution >= 0.6 is 0 Å². The highest BCUT2D eigenvalue weighted by molar-refractivity contribution is 5.83. The van der Waals surface area contributed by atoms with Gasteiger partial charge in [0.25, 0.3) is 0 Å². The number of ether oxygens (including phenoxy) is 1. The average Bonchev–Trinajstić information content (AvgIpc) is 2.33. The van der Waals surface area contributed by atoms with Gasteiger partial charge in [0.05, 0.1) is 24.5 Å². The Hall–Kier alpha value is -0.940. The fourth-order valence-electron chi connectivity index (χ4n) is 1.82. The van der Waals surface area contributed by atoms with E-state index < -0.39 is 23.9 Å². The van der Waals surface area contributed by atoms with E-state index in [-0.39, 0.29) is 12.4 Å². The molecule has 0 aromatic carbocycles. The van der Waals surface area contributed by atoms with E-state index in [0.29, 0.717) is 13.0 Å². The van der Waals surface area contributed by atoms with Crippen molar-refractivity contribution in [1.82, 2.24) is 4.90 Å². The summed E-state index contributed by atoms with van der Waals surface area (Å²) >= 11 is 0. The molecule has 0 aliphatic carbocycles. The predicted octanol–water partition coefficient (Wildman–Crippen LogP) is 0.703. The molecule has 0 saturated heterocycles. The Kier molecular flexibility index (Phi) is 7.78. The first-order valence-corrected chi connectivity index (χ1v) is 6.37. The Labute approximate surface area is 109 Å². The lowest BCUT2D eigenvalue weighted by Crippen LogP contribution is -2.42. The van der Waals surface area contributed by atoms with Crippen LogP contribution in [0.3, 0.4) is 0 Å². The summed E-state index contributed by atoms with van der Waals surface area (Å²) < 4.78 is 4.87. The first-order chi connectivity index (χ1) is 8.34. The van der Waals surface area contributed by atoms with E-state index in [4.69, 9.17) is 4.74 Å². The molecule has 0 aliphatic heterocycles. The average molecular weight is 259 g/mol. The van der Waals surface area contributed by atoms with Crippen LogP contribution in [-0.2, 0) is 14.3 Å². The number of ketones is 1. The van der Waals surface area contributed by atoms with Crippen LogP contribution in [0.4, 0.5) is 0 Å². The second-order valence-electron chi connectivity index (χ2n) is 4.72. The fourth-order valence-corrected chi connectivity index (χ4v) is 1.82. The van der Waals surface area contributed by atoms with Gasteiger partial charge in [0.1, 0.15) is 5.78 Å². The summed E-state index contributed by atoms with van der Waals surface area (Å²) in [5.74, 6) is -1.74. The van der Waals surface area contributed by atoms with Crippen molar-refractivity contribution in [3.8, 4) is 0 Å². The van der Waals surface area contributed by atoms with Gasteiger partial charge in [-0.3, -0.25) is 9.59 Å². The minimum Gasteiger partial charge on any atom is -0.466 e. The van der Waals surface area contributed by atoms with Crippen molar-refractivity contribution in [2.75, 3.05) is 27.2 Å². The number of carbonyl (C=O) groups is 2. The number of aliphatic hydroxyl groups is 1. The molecule has 5 nitrogen and oxygen atoms in total.